The molecule has 186 valence electrons. The molecule has 0 spiro atoms. The fraction of sp³-hybridized carbons (Fsp3) is 0.750. The molecule has 0 aliphatic heterocycles. The molecule has 13 heteroatoms. The lowest BCUT2D eigenvalue weighted by Crippen LogP contribution is -2.68. The molecule has 4 aliphatic rings. The SMILES string of the molecule is C=C(C)C(=O)OC12CC3CC(C1)C(OC(=O)C(C)(F)F)(OC(=O)C(F)(F)C(F)(F)F)C(C3)C2. The van der Waals surface area contributed by atoms with Crippen molar-refractivity contribution in [2.75, 3.05) is 0 Å². The highest BCUT2D eigenvalue weighted by atomic mass is 19.4. The predicted octanol–water partition coefficient (Wildman–Crippen LogP) is 4.32. The fourth-order valence-electron chi connectivity index (χ4n) is 5.18. The van der Waals surface area contributed by atoms with Gasteiger partial charge in [0.1, 0.15) is 5.60 Å². The summed E-state index contributed by atoms with van der Waals surface area (Å²) in [7, 11) is 0. The summed E-state index contributed by atoms with van der Waals surface area (Å²) in [5.41, 5.74) is -1.17. The van der Waals surface area contributed by atoms with E-state index in [-0.39, 0.29) is 44.1 Å². The summed E-state index contributed by atoms with van der Waals surface area (Å²) < 4.78 is 107. The number of carbonyl (C=O) groups is 3. The van der Waals surface area contributed by atoms with Crippen molar-refractivity contribution in [2.45, 2.75) is 75.4 Å². The minimum absolute atomic E-state index is 0.0102. The third-order valence-corrected chi connectivity index (χ3v) is 6.40. The first-order valence-corrected chi connectivity index (χ1v) is 10.0. The van der Waals surface area contributed by atoms with E-state index >= 15 is 0 Å². The molecule has 0 amide bonds. The first kappa shape index (κ1) is 25.3. The van der Waals surface area contributed by atoms with Gasteiger partial charge in [-0.2, -0.15) is 30.7 Å². The zero-order valence-electron chi connectivity index (χ0n) is 17.6. The van der Waals surface area contributed by atoms with Crippen molar-refractivity contribution in [2.24, 2.45) is 17.8 Å². The monoisotopic (exact) mass is 490 g/mol. The molecule has 0 saturated heterocycles. The van der Waals surface area contributed by atoms with Crippen LogP contribution in [0.4, 0.5) is 30.7 Å². The Bertz CT molecular complexity index is 859. The van der Waals surface area contributed by atoms with Crippen LogP contribution in [0, 0.1) is 17.8 Å². The van der Waals surface area contributed by atoms with Crippen molar-refractivity contribution in [3.63, 3.8) is 0 Å². The predicted molar refractivity (Wildman–Crippen MR) is 93.7 cm³/mol. The third-order valence-electron chi connectivity index (χ3n) is 6.40. The Labute approximate surface area is 183 Å². The molecule has 0 heterocycles. The standard InChI is InChI=1S/C20H21F7O6/c1-9(2)13(28)31-17-6-10-4-11(7-17)18(12(5-10)8-17,32-14(29)16(3,21)22)33-15(30)19(23,24)20(25,26)27/h10-12H,1,4-8H2,2-3H3. The number of ether oxygens (including phenoxy) is 3. The van der Waals surface area contributed by atoms with E-state index in [2.05, 4.69) is 11.3 Å². The van der Waals surface area contributed by atoms with E-state index in [0.717, 1.165) is 0 Å². The number of hydrogen-bond donors (Lipinski definition) is 0. The summed E-state index contributed by atoms with van der Waals surface area (Å²) in [5.74, 6) is -21.8. The van der Waals surface area contributed by atoms with Gasteiger partial charge in [-0.25, -0.2) is 14.4 Å². The van der Waals surface area contributed by atoms with Gasteiger partial charge in [0.25, 0.3) is 5.79 Å². The molecule has 0 radical (unpaired) electrons. The number of carbonyl (C=O) groups excluding carboxylic acids is 3. The second-order valence-corrected chi connectivity index (χ2v) is 9.16. The summed E-state index contributed by atoms with van der Waals surface area (Å²) in [6.45, 7) is 4.97. The highest BCUT2D eigenvalue weighted by molar-refractivity contribution is 5.87. The summed E-state index contributed by atoms with van der Waals surface area (Å²) >= 11 is 0. The smallest absolute Gasteiger partial charge is 0.456 e. The molecule has 6 nitrogen and oxygen atoms in total. The Hall–Kier alpha value is -2.34. The fourth-order valence-corrected chi connectivity index (χ4v) is 5.18. The van der Waals surface area contributed by atoms with Gasteiger partial charge in [-0.15, -0.1) is 0 Å². The van der Waals surface area contributed by atoms with E-state index < -0.39 is 59.2 Å². The number of alkyl halides is 7. The molecule has 0 aromatic heterocycles. The van der Waals surface area contributed by atoms with E-state index in [1.165, 1.54) is 6.92 Å². The molecule has 2 unspecified atom stereocenters. The molecule has 0 aromatic rings. The number of rotatable bonds is 6. The summed E-state index contributed by atoms with van der Waals surface area (Å²) in [6, 6.07) is 0. The number of halogens is 7. The third kappa shape index (κ3) is 4.30. The molecule has 0 N–H and O–H groups in total. The van der Waals surface area contributed by atoms with E-state index in [4.69, 9.17) is 9.47 Å². The lowest BCUT2D eigenvalue weighted by molar-refractivity contribution is -0.349. The van der Waals surface area contributed by atoms with E-state index in [1.54, 1.807) is 0 Å². The van der Waals surface area contributed by atoms with Gasteiger partial charge in [0, 0.05) is 24.3 Å². The van der Waals surface area contributed by atoms with Gasteiger partial charge in [0.15, 0.2) is 0 Å². The molecule has 33 heavy (non-hydrogen) atoms. The van der Waals surface area contributed by atoms with E-state index in [0.29, 0.717) is 6.42 Å². The molecule has 4 saturated carbocycles. The van der Waals surface area contributed by atoms with Gasteiger partial charge in [0.05, 0.1) is 0 Å². The van der Waals surface area contributed by atoms with Gasteiger partial charge >= 0.3 is 35.9 Å². The van der Waals surface area contributed by atoms with Crippen molar-refractivity contribution in [1.29, 1.82) is 0 Å². The maximum atomic E-state index is 13.7. The average Bonchev–Trinajstić information content (AvgIpc) is 2.63. The number of esters is 3. The van der Waals surface area contributed by atoms with Crippen molar-refractivity contribution in [1.82, 2.24) is 0 Å². The molecular formula is C20H21F7O6. The first-order chi connectivity index (χ1) is 14.8. The first-order valence-electron chi connectivity index (χ1n) is 10.0. The van der Waals surface area contributed by atoms with Crippen LogP contribution in [0.1, 0.15) is 46.0 Å². The van der Waals surface area contributed by atoms with Crippen LogP contribution in [-0.2, 0) is 28.6 Å². The molecule has 2 atom stereocenters. The average molecular weight is 490 g/mol. The summed E-state index contributed by atoms with van der Waals surface area (Å²) in [4.78, 5) is 36.0. The largest absolute Gasteiger partial charge is 0.465 e. The zero-order chi connectivity index (χ0) is 25.2. The minimum Gasteiger partial charge on any atom is -0.456 e. The maximum absolute atomic E-state index is 13.7. The second kappa shape index (κ2) is 7.59. The second-order valence-electron chi connectivity index (χ2n) is 9.16. The van der Waals surface area contributed by atoms with Crippen molar-refractivity contribution in [3.8, 4) is 0 Å². The molecule has 4 aliphatic carbocycles. The number of hydrogen-bond acceptors (Lipinski definition) is 6. The van der Waals surface area contributed by atoms with Crippen LogP contribution in [0.3, 0.4) is 0 Å². The topological polar surface area (TPSA) is 78.9 Å². The molecule has 0 aromatic carbocycles. The Balaban J connectivity index is 1.99. The van der Waals surface area contributed by atoms with Crippen LogP contribution in [0.15, 0.2) is 12.2 Å². The maximum Gasteiger partial charge on any atom is 0.465 e. The van der Waals surface area contributed by atoms with Gasteiger partial charge in [-0.3, -0.25) is 0 Å². The van der Waals surface area contributed by atoms with Crippen LogP contribution in [0.2, 0.25) is 0 Å². The van der Waals surface area contributed by atoms with Crippen molar-refractivity contribution >= 4 is 17.9 Å². The van der Waals surface area contributed by atoms with E-state index in [1.807, 2.05) is 0 Å². The zero-order valence-corrected chi connectivity index (χ0v) is 17.6. The Morgan fingerprint density at radius 1 is 0.848 bits per heavy atom. The van der Waals surface area contributed by atoms with Crippen LogP contribution in [-0.4, -0.2) is 47.3 Å². The molecule has 4 bridgehead atoms. The van der Waals surface area contributed by atoms with E-state index in [9.17, 15) is 45.1 Å². The van der Waals surface area contributed by atoms with Crippen LogP contribution in [0.5, 0.6) is 0 Å². The molecular weight excluding hydrogens is 469 g/mol. The Kier molecular flexibility index (Phi) is 5.81. The lowest BCUT2D eigenvalue weighted by Gasteiger charge is -2.62. The lowest BCUT2D eigenvalue weighted by atomic mass is 9.51. The van der Waals surface area contributed by atoms with Crippen LogP contribution >= 0.6 is 0 Å². The Morgan fingerprint density at radius 3 is 1.76 bits per heavy atom. The van der Waals surface area contributed by atoms with Crippen molar-refractivity contribution < 1.29 is 59.3 Å². The van der Waals surface area contributed by atoms with Gasteiger partial charge in [-0.1, -0.05) is 6.58 Å². The normalized spacial score (nSPS) is 33.4. The quantitative estimate of drug-likeness (QED) is 0.239. The highest BCUT2D eigenvalue weighted by Gasteiger charge is 2.72. The summed E-state index contributed by atoms with van der Waals surface area (Å²) in [6.07, 6.45) is -6.50. The molecule has 4 rings (SSSR count). The van der Waals surface area contributed by atoms with Crippen LogP contribution in [0.25, 0.3) is 0 Å². The molecule has 4 fully saturated rings. The van der Waals surface area contributed by atoms with Gasteiger partial charge in [-0.05, 0) is 44.9 Å². The van der Waals surface area contributed by atoms with Gasteiger partial charge in [0.2, 0.25) is 0 Å². The van der Waals surface area contributed by atoms with Gasteiger partial charge < -0.3 is 14.2 Å². The van der Waals surface area contributed by atoms with Crippen molar-refractivity contribution in [3.05, 3.63) is 12.2 Å². The highest BCUT2D eigenvalue weighted by Crippen LogP contribution is 2.63. The summed E-state index contributed by atoms with van der Waals surface area (Å²) in [5, 5.41) is 0. The van der Waals surface area contributed by atoms with Crippen LogP contribution < -0.4 is 0 Å². The minimum atomic E-state index is -6.33. The Morgan fingerprint density at radius 2 is 1.33 bits per heavy atom.